The molecule has 0 aliphatic heterocycles. The van der Waals surface area contributed by atoms with Gasteiger partial charge in [-0.05, 0) is 19.4 Å². The second-order valence-corrected chi connectivity index (χ2v) is 6.54. The number of benzene rings is 1. The van der Waals surface area contributed by atoms with E-state index in [2.05, 4.69) is 0 Å². The molecule has 1 atom stereocenters. The van der Waals surface area contributed by atoms with Gasteiger partial charge >= 0.3 is 0 Å². The van der Waals surface area contributed by atoms with Crippen LogP contribution in [-0.4, -0.2) is 20.4 Å². The van der Waals surface area contributed by atoms with Gasteiger partial charge in [-0.25, -0.2) is 12.8 Å². The van der Waals surface area contributed by atoms with Crippen LogP contribution in [0.1, 0.15) is 18.9 Å². The summed E-state index contributed by atoms with van der Waals surface area (Å²) in [4.78, 5) is 0. The molecule has 0 heterocycles. The van der Waals surface area contributed by atoms with E-state index >= 15 is 0 Å². The third-order valence-electron chi connectivity index (χ3n) is 2.48. The van der Waals surface area contributed by atoms with Crippen LogP contribution in [0.2, 0.25) is 0 Å². The van der Waals surface area contributed by atoms with E-state index in [4.69, 9.17) is 5.73 Å². The van der Waals surface area contributed by atoms with Crippen molar-refractivity contribution in [2.75, 3.05) is 12.0 Å². The van der Waals surface area contributed by atoms with Crippen molar-refractivity contribution < 1.29 is 12.8 Å². The summed E-state index contributed by atoms with van der Waals surface area (Å²) in [6.45, 7) is 1.64. The molecule has 1 unspecified atom stereocenters. The number of nitrogens with two attached hydrogens (primary N) is 1. The highest BCUT2D eigenvalue weighted by molar-refractivity contribution is 7.90. The number of hydrogen-bond acceptors (Lipinski definition) is 3. The lowest BCUT2D eigenvalue weighted by Gasteiger charge is -2.25. The average molecular weight is 245 g/mol. The Morgan fingerprint density at radius 2 is 1.94 bits per heavy atom. The molecule has 0 saturated heterocycles. The van der Waals surface area contributed by atoms with Crippen LogP contribution in [0.5, 0.6) is 0 Å². The quantitative estimate of drug-likeness (QED) is 0.873. The Morgan fingerprint density at radius 1 is 1.38 bits per heavy atom. The first-order chi connectivity index (χ1) is 7.22. The molecule has 5 heteroatoms. The second kappa shape index (κ2) is 4.51. The van der Waals surface area contributed by atoms with Crippen molar-refractivity contribution in [1.29, 1.82) is 0 Å². The average Bonchev–Trinajstić information content (AvgIpc) is 2.14. The maximum Gasteiger partial charge on any atom is 0.147 e. The lowest BCUT2D eigenvalue weighted by atomic mass is 9.90. The van der Waals surface area contributed by atoms with Crippen molar-refractivity contribution >= 4 is 9.84 Å². The molecule has 0 saturated carbocycles. The molecule has 0 spiro atoms. The molecule has 1 aromatic carbocycles. The van der Waals surface area contributed by atoms with Gasteiger partial charge in [0.15, 0.2) is 0 Å². The van der Waals surface area contributed by atoms with Gasteiger partial charge in [-0.15, -0.1) is 0 Å². The van der Waals surface area contributed by atoms with E-state index in [1.807, 2.05) is 0 Å². The summed E-state index contributed by atoms with van der Waals surface area (Å²) in [5, 5.41) is 0. The number of hydrogen-bond donors (Lipinski definition) is 1. The van der Waals surface area contributed by atoms with Crippen LogP contribution in [-0.2, 0) is 15.4 Å². The molecule has 1 aromatic rings. The van der Waals surface area contributed by atoms with Gasteiger partial charge in [0.25, 0.3) is 0 Å². The summed E-state index contributed by atoms with van der Waals surface area (Å²) in [5.41, 5.74) is 5.32. The van der Waals surface area contributed by atoms with Gasteiger partial charge in [0, 0.05) is 17.4 Å². The maximum atomic E-state index is 13.5. The van der Waals surface area contributed by atoms with Crippen LogP contribution in [0.25, 0.3) is 0 Å². The van der Waals surface area contributed by atoms with E-state index in [1.54, 1.807) is 25.1 Å². The zero-order chi connectivity index (χ0) is 12.4. The van der Waals surface area contributed by atoms with Crippen LogP contribution in [0.15, 0.2) is 24.3 Å². The Labute approximate surface area is 95.4 Å². The van der Waals surface area contributed by atoms with E-state index < -0.39 is 21.2 Å². The Balaban J connectivity index is 2.90. The van der Waals surface area contributed by atoms with Gasteiger partial charge in [0.05, 0.1) is 5.75 Å². The predicted molar refractivity (Wildman–Crippen MR) is 62.3 cm³/mol. The maximum absolute atomic E-state index is 13.5. The van der Waals surface area contributed by atoms with Crippen molar-refractivity contribution in [2.45, 2.75) is 18.9 Å². The summed E-state index contributed by atoms with van der Waals surface area (Å²) in [5.74, 6) is -0.449. The van der Waals surface area contributed by atoms with E-state index in [9.17, 15) is 12.8 Å². The molecule has 0 aliphatic rings. The highest BCUT2D eigenvalue weighted by Crippen LogP contribution is 2.24. The molecule has 0 aromatic heterocycles. The van der Waals surface area contributed by atoms with E-state index in [0.29, 0.717) is 5.56 Å². The monoisotopic (exact) mass is 245 g/mol. The van der Waals surface area contributed by atoms with Crippen LogP contribution in [0.4, 0.5) is 4.39 Å². The van der Waals surface area contributed by atoms with Crippen LogP contribution < -0.4 is 5.73 Å². The minimum atomic E-state index is -3.08. The number of sulfone groups is 1. The van der Waals surface area contributed by atoms with Crippen LogP contribution >= 0.6 is 0 Å². The third kappa shape index (κ3) is 3.57. The highest BCUT2D eigenvalue weighted by atomic mass is 32.2. The van der Waals surface area contributed by atoms with Crippen LogP contribution in [0, 0.1) is 5.82 Å². The highest BCUT2D eigenvalue weighted by Gasteiger charge is 2.25. The first kappa shape index (κ1) is 13.1. The minimum Gasteiger partial charge on any atom is -0.322 e. The molecule has 0 aliphatic carbocycles. The molecule has 0 radical (unpaired) electrons. The van der Waals surface area contributed by atoms with Gasteiger partial charge in [0.2, 0.25) is 0 Å². The zero-order valence-electron chi connectivity index (χ0n) is 9.40. The molecule has 3 nitrogen and oxygen atoms in total. The van der Waals surface area contributed by atoms with Gasteiger partial charge in [0.1, 0.15) is 15.7 Å². The van der Waals surface area contributed by atoms with Gasteiger partial charge in [-0.2, -0.15) is 0 Å². The number of rotatable bonds is 4. The minimum absolute atomic E-state index is 0.0473. The Hall–Kier alpha value is -0.940. The van der Waals surface area contributed by atoms with E-state index in [0.717, 1.165) is 6.26 Å². The fourth-order valence-corrected chi connectivity index (χ4v) is 2.25. The van der Waals surface area contributed by atoms with Crippen molar-refractivity contribution in [3.8, 4) is 0 Å². The fourth-order valence-electron chi connectivity index (χ4n) is 1.46. The van der Waals surface area contributed by atoms with Crippen LogP contribution in [0.3, 0.4) is 0 Å². The Kier molecular flexibility index (Phi) is 3.70. The largest absolute Gasteiger partial charge is 0.322 e. The molecule has 1 rings (SSSR count). The predicted octanol–water partition coefficient (Wildman–Crippen LogP) is 1.43. The van der Waals surface area contributed by atoms with Crippen molar-refractivity contribution in [2.24, 2.45) is 5.73 Å². The molecule has 0 amide bonds. The summed E-state index contributed by atoms with van der Waals surface area (Å²) < 4.78 is 35.6. The molecular formula is C11H16FNO2S. The summed E-state index contributed by atoms with van der Waals surface area (Å²) >= 11 is 0. The van der Waals surface area contributed by atoms with Crippen molar-refractivity contribution in [3.05, 3.63) is 35.6 Å². The van der Waals surface area contributed by atoms with Crippen molar-refractivity contribution in [1.82, 2.24) is 0 Å². The normalized spacial score (nSPS) is 15.8. The summed E-state index contributed by atoms with van der Waals surface area (Å²) in [7, 11) is -3.08. The smallest absolute Gasteiger partial charge is 0.147 e. The zero-order valence-corrected chi connectivity index (χ0v) is 10.2. The summed E-state index contributed by atoms with van der Waals surface area (Å²) in [6.07, 6.45) is 1.34. The molecule has 16 heavy (non-hydrogen) atoms. The van der Waals surface area contributed by atoms with Gasteiger partial charge in [-0.1, -0.05) is 18.2 Å². The standard InChI is InChI=1S/C11H16FNO2S/c1-11(13,7-8-16(2,14)15)9-5-3-4-6-10(9)12/h3-6H,7-8,13H2,1-2H3. The van der Waals surface area contributed by atoms with Gasteiger partial charge < -0.3 is 5.73 Å². The molecule has 2 N–H and O–H groups in total. The first-order valence-corrected chi connectivity index (χ1v) is 7.00. The number of halogens is 1. The Bertz CT molecular complexity index is 469. The SMILES string of the molecule is CC(N)(CCS(C)(=O)=O)c1ccccc1F. The first-order valence-electron chi connectivity index (χ1n) is 4.94. The third-order valence-corrected chi connectivity index (χ3v) is 3.43. The molecule has 90 valence electrons. The lowest BCUT2D eigenvalue weighted by Crippen LogP contribution is -2.36. The second-order valence-electron chi connectivity index (χ2n) is 4.28. The van der Waals surface area contributed by atoms with E-state index in [-0.39, 0.29) is 12.2 Å². The lowest BCUT2D eigenvalue weighted by molar-refractivity contribution is 0.444. The summed E-state index contributed by atoms with van der Waals surface area (Å²) in [6, 6.07) is 6.16. The Morgan fingerprint density at radius 3 is 2.44 bits per heavy atom. The molecular weight excluding hydrogens is 229 g/mol. The molecule has 0 bridgehead atoms. The molecule has 0 fully saturated rings. The van der Waals surface area contributed by atoms with Gasteiger partial charge in [-0.3, -0.25) is 0 Å². The van der Waals surface area contributed by atoms with Crippen molar-refractivity contribution in [3.63, 3.8) is 0 Å². The topological polar surface area (TPSA) is 60.2 Å². The van der Waals surface area contributed by atoms with E-state index in [1.165, 1.54) is 6.07 Å². The fraction of sp³-hybridized carbons (Fsp3) is 0.455.